The molecule has 0 fully saturated rings. The van der Waals surface area contributed by atoms with E-state index in [0.29, 0.717) is 22.8 Å². The average molecular weight is 347 g/mol. The third kappa shape index (κ3) is 2.67. The van der Waals surface area contributed by atoms with E-state index in [0.717, 1.165) is 22.0 Å². The van der Waals surface area contributed by atoms with Gasteiger partial charge in [-0.05, 0) is 48.2 Å². The molecule has 1 aliphatic rings. The molecule has 0 radical (unpaired) electrons. The maximum atomic E-state index is 12.7. The summed E-state index contributed by atoms with van der Waals surface area (Å²) in [4.78, 5) is 17.1. The van der Waals surface area contributed by atoms with Crippen LogP contribution in [-0.2, 0) is 0 Å². The Labute approximate surface area is 150 Å². The van der Waals surface area contributed by atoms with E-state index in [1.807, 2.05) is 31.2 Å². The van der Waals surface area contributed by atoms with Gasteiger partial charge in [0, 0.05) is 23.3 Å². The molecule has 5 heteroatoms. The van der Waals surface area contributed by atoms with Crippen LogP contribution in [0, 0.1) is 6.92 Å². The summed E-state index contributed by atoms with van der Waals surface area (Å²) in [7, 11) is 3.17. The van der Waals surface area contributed by atoms with Crippen LogP contribution >= 0.6 is 0 Å². The van der Waals surface area contributed by atoms with Gasteiger partial charge in [0.15, 0.2) is 5.76 Å². The lowest BCUT2D eigenvalue weighted by Gasteiger charge is -2.07. The molecule has 2 aromatic carbocycles. The Morgan fingerprint density at radius 2 is 1.77 bits per heavy atom. The highest BCUT2D eigenvalue weighted by atomic mass is 16.5. The van der Waals surface area contributed by atoms with Crippen LogP contribution in [-0.4, -0.2) is 25.0 Å². The molecule has 130 valence electrons. The fourth-order valence-corrected chi connectivity index (χ4v) is 3.04. The highest BCUT2D eigenvalue weighted by Gasteiger charge is 2.29. The standard InChI is InChI=1S/C21H17NO4/c1-12-6-14-4-5-17-20(23)19(26-21(17)18(14)11-22-12)9-13-7-15(24-2)10-16(8-13)25-3/h4-11H,1-3H3/b19-9+. The van der Waals surface area contributed by atoms with Crippen molar-refractivity contribution >= 4 is 22.6 Å². The van der Waals surface area contributed by atoms with Crippen molar-refractivity contribution < 1.29 is 19.0 Å². The number of methoxy groups -OCH3 is 2. The second-order valence-corrected chi connectivity index (χ2v) is 6.07. The predicted molar refractivity (Wildman–Crippen MR) is 99.0 cm³/mol. The highest BCUT2D eigenvalue weighted by Crippen LogP contribution is 2.38. The van der Waals surface area contributed by atoms with Crippen molar-refractivity contribution in [3.8, 4) is 17.2 Å². The Morgan fingerprint density at radius 1 is 1.04 bits per heavy atom. The van der Waals surface area contributed by atoms with Gasteiger partial charge in [-0.1, -0.05) is 6.07 Å². The van der Waals surface area contributed by atoms with Gasteiger partial charge in [0.05, 0.1) is 19.8 Å². The summed E-state index contributed by atoms with van der Waals surface area (Å²) in [6, 6.07) is 11.1. The van der Waals surface area contributed by atoms with Crippen LogP contribution in [0.15, 0.2) is 48.4 Å². The van der Waals surface area contributed by atoms with Crippen LogP contribution in [0.1, 0.15) is 21.6 Å². The number of carbonyl (C=O) groups is 1. The van der Waals surface area contributed by atoms with E-state index >= 15 is 0 Å². The number of hydrogen-bond donors (Lipinski definition) is 0. The first-order chi connectivity index (χ1) is 12.6. The Bertz CT molecular complexity index is 1050. The summed E-state index contributed by atoms with van der Waals surface area (Å²) in [5.41, 5.74) is 2.22. The third-order valence-electron chi connectivity index (χ3n) is 4.34. The van der Waals surface area contributed by atoms with Gasteiger partial charge in [0.25, 0.3) is 0 Å². The van der Waals surface area contributed by atoms with E-state index in [-0.39, 0.29) is 11.5 Å². The molecule has 1 aliphatic heterocycles. The maximum absolute atomic E-state index is 12.7. The first-order valence-electron chi connectivity index (χ1n) is 8.16. The van der Waals surface area contributed by atoms with Crippen molar-refractivity contribution in [2.75, 3.05) is 14.2 Å². The van der Waals surface area contributed by atoms with E-state index < -0.39 is 0 Å². The van der Waals surface area contributed by atoms with E-state index in [1.54, 1.807) is 38.6 Å². The maximum Gasteiger partial charge on any atom is 0.231 e. The number of benzene rings is 2. The minimum atomic E-state index is -0.149. The van der Waals surface area contributed by atoms with Crippen molar-refractivity contribution in [2.45, 2.75) is 6.92 Å². The van der Waals surface area contributed by atoms with Gasteiger partial charge in [0.1, 0.15) is 17.2 Å². The van der Waals surface area contributed by atoms with Crippen LogP contribution in [0.3, 0.4) is 0 Å². The smallest absolute Gasteiger partial charge is 0.231 e. The zero-order valence-electron chi connectivity index (χ0n) is 14.7. The number of fused-ring (bicyclic) bond motifs is 3. The molecule has 4 rings (SSSR count). The van der Waals surface area contributed by atoms with Crippen molar-refractivity contribution in [3.63, 3.8) is 0 Å². The minimum Gasteiger partial charge on any atom is -0.497 e. The molecule has 0 atom stereocenters. The van der Waals surface area contributed by atoms with E-state index in [4.69, 9.17) is 14.2 Å². The van der Waals surface area contributed by atoms with E-state index in [9.17, 15) is 4.79 Å². The van der Waals surface area contributed by atoms with Crippen molar-refractivity contribution in [1.82, 2.24) is 4.98 Å². The third-order valence-corrected chi connectivity index (χ3v) is 4.34. The van der Waals surface area contributed by atoms with Crippen molar-refractivity contribution in [2.24, 2.45) is 0 Å². The Balaban J connectivity index is 1.79. The topological polar surface area (TPSA) is 57.7 Å². The summed E-state index contributed by atoms with van der Waals surface area (Å²) in [6.45, 7) is 1.93. The molecule has 0 saturated carbocycles. The number of pyridine rings is 1. The van der Waals surface area contributed by atoms with Gasteiger partial charge >= 0.3 is 0 Å². The molecule has 0 bridgehead atoms. The van der Waals surface area contributed by atoms with Gasteiger partial charge in [-0.15, -0.1) is 0 Å². The van der Waals surface area contributed by atoms with Crippen LogP contribution in [0.25, 0.3) is 16.8 Å². The number of carbonyl (C=O) groups excluding carboxylic acids is 1. The van der Waals surface area contributed by atoms with Crippen LogP contribution in [0.5, 0.6) is 17.2 Å². The second-order valence-electron chi connectivity index (χ2n) is 6.07. The lowest BCUT2D eigenvalue weighted by Crippen LogP contribution is -1.98. The van der Waals surface area contributed by atoms with E-state index in [2.05, 4.69) is 4.98 Å². The zero-order chi connectivity index (χ0) is 18.3. The van der Waals surface area contributed by atoms with Gasteiger partial charge < -0.3 is 14.2 Å². The van der Waals surface area contributed by atoms with Crippen molar-refractivity contribution in [1.29, 1.82) is 0 Å². The summed E-state index contributed by atoms with van der Waals surface area (Å²) in [5, 5.41) is 1.82. The number of ketones is 1. The van der Waals surface area contributed by atoms with Crippen LogP contribution in [0.2, 0.25) is 0 Å². The summed E-state index contributed by atoms with van der Waals surface area (Å²) >= 11 is 0. The number of rotatable bonds is 3. The molecule has 0 saturated heterocycles. The van der Waals surface area contributed by atoms with Crippen LogP contribution in [0.4, 0.5) is 0 Å². The first-order valence-corrected chi connectivity index (χ1v) is 8.16. The fourth-order valence-electron chi connectivity index (χ4n) is 3.04. The van der Waals surface area contributed by atoms with Gasteiger partial charge in [-0.3, -0.25) is 9.78 Å². The number of Topliss-reactive ketones (excluding diaryl/α,β-unsaturated/α-hetero) is 1. The van der Waals surface area contributed by atoms with E-state index in [1.165, 1.54) is 0 Å². The summed E-state index contributed by atoms with van der Waals surface area (Å²) in [6.07, 6.45) is 3.44. The summed E-state index contributed by atoms with van der Waals surface area (Å²) in [5.74, 6) is 1.96. The Kier molecular flexibility index (Phi) is 3.84. The second kappa shape index (κ2) is 6.19. The number of ether oxygens (including phenoxy) is 3. The molecule has 5 nitrogen and oxygen atoms in total. The molecule has 0 spiro atoms. The number of hydrogen-bond acceptors (Lipinski definition) is 5. The molecule has 0 aliphatic carbocycles. The largest absolute Gasteiger partial charge is 0.497 e. The van der Waals surface area contributed by atoms with Gasteiger partial charge in [-0.25, -0.2) is 0 Å². The molecule has 0 amide bonds. The molecule has 0 unspecified atom stereocenters. The number of aryl methyl sites for hydroxylation is 1. The monoisotopic (exact) mass is 347 g/mol. The number of aromatic nitrogens is 1. The number of allylic oxidation sites excluding steroid dienone is 1. The zero-order valence-corrected chi connectivity index (χ0v) is 14.7. The average Bonchev–Trinajstić information content (AvgIpc) is 2.97. The van der Waals surface area contributed by atoms with Crippen molar-refractivity contribution in [3.05, 3.63) is 65.2 Å². The fraction of sp³-hybridized carbons (Fsp3) is 0.143. The Morgan fingerprint density at radius 3 is 2.46 bits per heavy atom. The molecule has 0 N–H and O–H groups in total. The molecule has 1 aromatic heterocycles. The highest BCUT2D eigenvalue weighted by molar-refractivity contribution is 6.17. The van der Waals surface area contributed by atoms with Gasteiger partial charge in [-0.2, -0.15) is 0 Å². The molecular formula is C21H17NO4. The Hall–Kier alpha value is -3.34. The summed E-state index contributed by atoms with van der Waals surface area (Å²) < 4.78 is 16.5. The minimum absolute atomic E-state index is 0.149. The predicted octanol–water partition coefficient (Wildman–Crippen LogP) is 4.18. The number of nitrogens with zero attached hydrogens (tertiary/aromatic N) is 1. The molecular weight excluding hydrogens is 330 g/mol. The molecule has 3 aromatic rings. The normalized spacial score (nSPS) is 14.4. The molecule has 26 heavy (non-hydrogen) atoms. The SMILES string of the molecule is COc1cc(/C=C2/Oc3c(ccc4cc(C)ncc34)C2=O)cc(OC)c1. The lowest BCUT2D eigenvalue weighted by molar-refractivity contribution is 0.101. The quantitative estimate of drug-likeness (QED) is 0.665. The first kappa shape index (κ1) is 16.1. The van der Waals surface area contributed by atoms with Gasteiger partial charge in [0.2, 0.25) is 5.78 Å². The molecule has 2 heterocycles. The van der Waals surface area contributed by atoms with Crippen LogP contribution < -0.4 is 14.2 Å². The lowest BCUT2D eigenvalue weighted by atomic mass is 10.0.